The number of halogens is 3. The molecule has 2 rings (SSSR count). The minimum atomic E-state index is -4.53. The number of para-hydroxylation sites is 1. The highest BCUT2D eigenvalue weighted by atomic mass is 19.4. The first kappa shape index (κ1) is 20.3. The number of nitrogens with one attached hydrogen (secondary N) is 1. The van der Waals surface area contributed by atoms with Crippen LogP contribution < -0.4 is 10.1 Å². The lowest BCUT2D eigenvalue weighted by molar-refractivity contribution is -0.139. The van der Waals surface area contributed by atoms with Crippen LogP contribution in [0.3, 0.4) is 0 Å². The molecule has 0 bridgehead atoms. The highest BCUT2D eigenvalue weighted by Gasteiger charge is 2.34. The molecule has 0 aromatic heterocycles. The maximum absolute atomic E-state index is 13.1. The van der Waals surface area contributed by atoms with E-state index in [4.69, 9.17) is 9.57 Å². The summed E-state index contributed by atoms with van der Waals surface area (Å²) in [6.45, 7) is 1.97. The van der Waals surface area contributed by atoms with Crippen LogP contribution in [0, 0.1) is 0 Å². The Labute approximate surface area is 154 Å². The third kappa shape index (κ3) is 5.22. The zero-order chi connectivity index (χ0) is 19.9. The molecule has 0 saturated carbocycles. The number of likely N-dealkylation sites (N-methyl/N-ethyl adjacent to an activating group) is 1. The number of carbonyl (C=O) groups excluding carboxylic acids is 1. The van der Waals surface area contributed by atoms with E-state index in [9.17, 15) is 18.0 Å². The Bertz CT molecular complexity index is 820. The van der Waals surface area contributed by atoms with Crippen LogP contribution in [0.1, 0.15) is 23.6 Å². The molecule has 0 aliphatic heterocycles. The summed E-state index contributed by atoms with van der Waals surface area (Å²) < 4.78 is 44.7. The molecule has 1 amide bonds. The highest BCUT2D eigenvalue weighted by Crippen LogP contribution is 2.36. The molecule has 0 atom stereocenters. The molecule has 0 radical (unpaired) electrons. The van der Waals surface area contributed by atoms with Gasteiger partial charge in [-0.2, -0.15) is 13.2 Å². The van der Waals surface area contributed by atoms with E-state index in [1.807, 2.05) is 0 Å². The predicted molar refractivity (Wildman–Crippen MR) is 94.4 cm³/mol. The number of hydrogen-bond acceptors (Lipinski definition) is 4. The number of nitrogens with zero attached hydrogens (tertiary/aromatic N) is 1. The number of carbonyl (C=O) groups is 1. The smallest absolute Gasteiger partial charge is 0.419 e. The second-order valence-electron chi connectivity index (χ2n) is 5.42. The highest BCUT2D eigenvalue weighted by molar-refractivity contribution is 6.45. The molecule has 2 aromatic rings. The fraction of sp³-hybridized carbons (Fsp3) is 0.263. The molecule has 5 nitrogen and oxygen atoms in total. The maximum Gasteiger partial charge on any atom is 0.419 e. The van der Waals surface area contributed by atoms with Gasteiger partial charge in [-0.25, -0.2) is 0 Å². The van der Waals surface area contributed by atoms with Crippen LogP contribution in [0.2, 0.25) is 0 Å². The quantitative estimate of drug-likeness (QED) is 0.588. The molecule has 0 unspecified atom stereocenters. The molecule has 2 aromatic carbocycles. The van der Waals surface area contributed by atoms with Gasteiger partial charge < -0.3 is 14.9 Å². The monoisotopic (exact) mass is 380 g/mol. The molecule has 144 valence electrons. The van der Waals surface area contributed by atoms with E-state index in [2.05, 4.69) is 10.5 Å². The second-order valence-corrected chi connectivity index (χ2v) is 5.42. The number of oxime groups is 1. The van der Waals surface area contributed by atoms with E-state index in [-0.39, 0.29) is 18.1 Å². The number of amides is 1. The largest absolute Gasteiger partial charge is 0.488 e. The van der Waals surface area contributed by atoms with Gasteiger partial charge in [-0.05, 0) is 24.6 Å². The number of ether oxygens (including phenoxy) is 1. The van der Waals surface area contributed by atoms with Gasteiger partial charge in [-0.1, -0.05) is 41.6 Å². The van der Waals surface area contributed by atoms with Crippen LogP contribution in [0.5, 0.6) is 5.75 Å². The molecule has 0 saturated heterocycles. The summed E-state index contributed by atoms with van der Waals surface area (Å²) in [6, 6.07) is 11.6. The Balaban J connectivity index is 2.32. The van der Waals surface area contributed by atoms with E-state index < -0.39 is 17.6 Å². The Morgan fingerprint density at radius 2 is 1.78 bits per heavy atom. The standard InChI is InChI=1S/C19H19F3N2O3/c1-3-23-18(25)17(24-26-2)14-9-5-4-8-13(14)12-27-16-11-7-6-10-15(16)19(20,21)22/h4-11H,3,12H2,1-2H3,(H,23,25)/b24-17-. The van der Waals surface area contributed by atoms with Crippen LogP contribution >= 0.6 is 0 Å². The summed E-state index contributed by atoms with van der Waals surface area (Å²) in [5, 5.41) is 6.37. The van der Waals surface area contributed by atoms with Crippen molar-refractivity contribution in [1.82, 2.24) is 5.32 Å². The van der Waals surface area contributed by atoms with Gasteiger partial charge in [-0.3, -0.25) is 4.79 Å². The van der Waals surface area contributed by atoms with Gasteiger partial charge in [0.15, 0.2) is 5.71 Å². The molecular weight excluding hydrogens is 361 g/mol. The lowest BCUT2D eigenvalue weighted by Crippen LogP contribution is -2.32. The topological polar surface area (TPSA) is 59.9 Å². The molecular formula is C19H19F3N2O3. The summed E-state index contributed by atoms with van der Waals surface area (Å²) in [5.41, 5.74) is 0.0611. The Hall–Kier alpha value is -3.03. The van der Waals surface area contributed by atoms with Gasteiger partial charge in [0, 0.05) is 12.1 Å². The number of benzene rings is 2. The molecule has 0 aliphatic carbocycles. The van der Waals surface area contributed by atoms with E-state index in [0.717, 1.165) is 6.07 Å². The summed E-state index contributed by atoms with van der Waals surface area (Å²) in [5.74, 6) is -0.745. The lowest BCUT2D eigenvalue weighted by atomic mass is 10.0. The molecule has 27 heavy (non-hydrogen) atoms. The first-order chi connectivity index (χ1) is 12.9. The van der Waals surface area contributed by atoms with Crippen molar-refractivity contribution in [2.75, 3.05) is 13.7 Å². The Kier molecular flexibility index (Phi) is 6.81. The minimum Gasteiger partial charge on any atom is -0.488 e. The van der Waals surface area contributed by atoms with Gasteiger partial charge in [0.25, 0.3) is 5.91 Å². The van der Waals surface area contributed by atoms with E-state index >= 15 is 0 Å². The minimum absolute atomic E-state index is 0.0163. The Morgan fingerprint density at radius 1 is 1.11 bits per heavy atom. The third-order valence-corrected chi connectivity index (χ3v) is 3.58. The van der Waals surface area contributed by atoms with Crippen molar-refractivity contribution in [2.24, 2.45) is 5.16 Å². The van der Waals surface area contributed by atoms with Crippen molar-refractivity contribution < 1.29 is 27.5 Å². The summed E-state index contributed by atoms with van der Waals surface area (Å²) in [6.07, 6.45) is -4.53. The summed E-state index contributed by atoms with van der Waals surface area (Å²) in [7, 11) is 1.30. The lowest BCUT2D eigenvalue weighted by Gasteiger charge is -2.15. The van der Waals surface area contributed by atoms with Crippen LogP contribution in [-0.2, 0) is 22.4 Å². The normalized spacial score (nSPS) is 11.8. The zero-order valence-corrected chi connectivity index (χ0v) is 14.8. The summed E-state index contributed by atoms with van der Waals surface area (Å²) in [4.78, 5) is 17.0. The van der Waals surface area contributed by atoms with Crippen LogP contribution in [0.15, 0.2) is 53.7 Å². The average molecular weight is 380 g/mol. The van der Waals surface area contributed by atoms with Gasteiger partial charge in [0.1, 0.15) is 19.5 Å². The van der Waals surface area contributed by atoms with Crippen LogP contribution in [0.4, 0.5) is 13.2 Å². The number of hydrogen-bond donors (Lipinski definition) is 1. The van der Waals surface area contributed by atoms with Gasteiger partial charge in [0.05, 0.1) is 5.56 Å². The molecule has 0 fully saturated rings. The number of alkyl halides is 3. The zero-order valence-electron chi connectivity index (χ0n) is 14.8. The molecule has 0 aliphatic rings. The molecule has 0 spiro atoms. The molecule has 8 heteroatoms. The first-order valence-corrected chi connectivity index (χ1v) is 8.15. The molecule has 1 N–H and O–H groups in total. The fourth-order valence-electron chi connectivity index (χ4n) is 2.41. The van der Waals surface area contributed by atoms with Crippen molar-refractivity contribution in [2.45, 2.75) is 19.7 Å². The molecule has 0 heterocycles. The predicted octanol–water partition coefficient (Wildman–Crippen LogP) is 3.77. The van der Waals surface area contributed by atoms with Crippen molar-refractivity contribution >= 4 is 11.6 Å². The van der Waals surface area contributed by atoms with Crippen molar-refractivity contribution in [3.63, 3.8) is 0 Å². The van der Waals surface area contributed by atoms with E-state index in [1.165, 1.54) is 25.3 Å². The van der Waals surface area contributed by atoms with Crippen LogP contribution in [-0.4, -0.2) is 25.3 Å². The van der Waals surface area contributed by atoms with Crippen molar-refractivity contribution in [3.05, 3.63) is 65.2 Å². The summed E-state index contributed by atoms with van der Waals surface area (Å²) >= 11 is 0. The Morgan fingerprint density at radius 3 is 2.44 bits per heavy atom. The van der Waals surface area contributed by atoms with E-state index in [0.29, 0.717) is 17.7 Å². The fourth-order valence-corrected chi connectivity index (χ4v) is 2.41. The number of rotatable bonds is 7. The maximum atomic E-state index is 13.1. The van der Waals surface area contributed by atoms with Gasteiger partial charge in [0.2, 0.25) is 0 Å². The first-order valence-electron chi connectivity index (χ1n) is 8.15. The van der Waals surface area contributed by atoms with Crippen LogP contribution in [0.25, 0.3) is 0 Å². The van der Waals surface area contributed by atoms with Crippen molar-refractivity contribution in [1.29, 1.82) is 0 Å². The third-order valence-electron chi connectivity index (χ3n) is 3.58. The SMILES string of the molecule is CCNC(=O)/C(=N\OC)c1ccccc1COc1ccccc1C(F)(F)F. The van der Waals surface area contributed by atoms with Gasteiger partial charge >= 0.3 is 6.18 Å². The average Bonchev–Trinajstić information content (AvgIpc) is 2.64. The van der Waals surface area contributed by atoms with Gasteiger partial charge in [-0.15, -0.1) is 0 Å². The van der Waals surface area contributed by atoms with E-state index in [1.54, 1.807) is 31.2 Å². The van der Waals surface area contributed by atoms with Crippen molar-refractivity contribution in [3.8, 4) is 5.75 Å². The second kappa shape index (κ2) is 9.07.